The molecule has 0 aromatic carbocycles. The van der Waals surface area contributed by atoms with Gasteiger partial charge in [-0.05, 0) is 29.8 Å². The van der Waals surface area contributed by atoms with Gasteiger partial charge in [-0.1, -0.05) is 6.07 Å². The van der Waals surface area contributed by atoms with E-state index in [1.165, 1.54) is 0 Å². The summed E-state index contributed by atoms with van der Waals surface area (Å²) in [5, 5.41) is 2.77. The average Bonchev–Trinajstić information content (AvgIpc) is 2.72. The van der Waals surface area contributed by atoms with Gasteiger partial charge in [0, 0.05) is 45.1 Å². The molecule has 8 heteroatoms. The van der Waals surface area contributed by atoms with Crippen molar-refractivity contribution in [2.45, 2.75) is 6.54 Å². The molecule has 26 heavy (non-hydrogen) atoms. The van der Waals surface area contributed by atoms with Gasteiger partial charge in [0.25, 0.3) is 11.8 Å². The maximum Gasteiger partial charge on any atom is 0.272 e. The van der Waals surface area contributed by atoms with Crippen molar-refractivity contribution in [1.29, 1.82) is 0 Å². The molecule has 3 rings (SSSR count). The zero-order valence-electron chi connectivity index (χ0n) is 14.2. The predicted molar refractivity (Wildman–Crippen MR) is 93.2 cm³/mol. The summed E-state index contributed by atoms with van der Waals surface area (Å²) in [6, 6.07) is 8.43. The normalized spacial score (nSPS) is 14.0. The molecular formula is C18H19N5O3. The highest BCUT2D eigenvalue weighted by Gasteiger charge is 2.22. The number of carbonyl (C=O) groups is 3. The van der Waals surface area contributed by atoms with Crippen molar-refractivity contribution in [3.05, 3.63) is 59.7 Å². The Kier molecular flexibility index (Phi) is 5.52. The Morgan fingerprint density at radius 2 is 1.73 bits per heavy atom. The molecule has 1 saturated heterocycles. The van der Waals surface area contributed by atoms with Crippen LogP contribution in [-0.4, -0.2) is 64.2 Å². The number of hydrogen-bond acceptors (Lipinski definition) is 5. The summed E-state index contributed by atoms with van der Waals surface area (Å²) in [7, 11) is 0. The second-order valence-corrected chi connectivity index (χ2v) is 5.88. The summed E-state index contributed by atoms with van der Waals surface area (Å²) >= 11 is 0. The van der Waals surface area contributed by atoms with Gasteiger partial charge in [0.2, 0.25) is 6.41 Å². The van der Waals surface area contributed by atoms with Crippen LogP contribution in [0.15, 0.2) is 42.7 Å². The van der Waals surface area contributed by atoms with E-state index in [1.807, 2.05) is 12.1 Å². The smallest absolute Gasteiger partial charge is 0.272 e. The number of carbonyl (C=O) groups excluding carboxylic acids is 3. The van der Waals surface area contributed by atoms with E-state index in [0.717, 1.165) is 12.0 Å². The molecule has 1 fully saturated rings. The van der Waals surface area contributed by atoms with Gasteiger partial charge in [0.05, 0.1) is 0 Å². The Morgan fingerprint density at radius 1 is 1.04 bits per heavy atom. The first-order chi connectivity index (χ1) is 12.7. The first-order valence-corrected chi connectivity index (χ1v) is 8.30. The van der Waals surface area contributed by atoms with Gasteiger partial charge >= 0.3 is 0 Å². The summed E-state index contributed by atoms with van der Waals surface area (Å²) in [6.45, 7) is 2.27. The Hall–Kier alpha value is -3.29. The maximum absolute atomic E-state index is 12.6. The molecule has 0 saturated carbocycles. The van der Waals surface area contributed by atoms with Crippen LogP contribution >= 0.6 is 0 Å². The van der Waals surface area contributed by atoms with Gasteiger partial charge in [0.1, 0.15) is 11.4 Å². The molecule has 2 aromatic rings. The first-order valence-electron chi connectivity index (χ1n) is 8.30. The zero-order chi connectivity index (χ0) is 18.4. The molecule has 0 spiro atoms. The van der Waals surface area contributed by atoms with Crippen LogP contribution < -0.4 is 5.32 Å². The van der Waals surface area contributed by atoms with Crippen molar-refractivity contribution < 1.29 is 14.4 Å². The molecule has 0 aliphatic carbocycles. The van der Waals surface area contributed by atoms with Gasteiger partial charge < -0.3 is 15.1 Å². The van der Waals surface area contributed by atoms with Crippen LogP contribution in [0.5, 0.6) is 0 Å². The Bertz CT molecular complexity index is 788. The van der Waals surface area contributed by atoms with E-state index < -0.39 is 0 Å². The second-order valence-electron chi connectivity index (χ2n) is 5.88. The number of nitrogens with one attached hydrogen (secondary N) is 1. The average molecular weight is 353 g/mol. The molecule has 1 aliphatic heterocycles. The van der Waals surface area contributed by atoms with E-state index in [0.29, 0.717) is 32.7 Å². The quantitative estimate of drug-likeness (QED) is 0.781. The number of pyridine rings is 2. The summed E-state index contributed by atoms with van der Waals surface area (Å²) in [5.41, 5.74) is 1.34. The van der Waals surface area contributed by atoms with Crippen molar-refractivity contribution in [2.24, 2.45) is 0 Å². The molecular weight excluding hydrogens is 334 g/mol. The lowest BCUT2D eigenvalue weighted by Gasteiger charge is -2.32. The fourth-order valence-corrected chi connectivity index (χ4v) is 2.65. The van der Waals surface area contributed by atoms with Crippen LogP contribution in [0, 0.1) is 0 Å². The Labute approximate surface area is 150 Å². The first kappa shape index (κ1) is 17.5. The monoisotopic (exact) mass is 353 g/mol. The summed E-state index contributed by atoms with van der Waals surface area (Å²) in [5.74, 6) is -0.582. The lowest BCUT2D eigenvalue weighted by Crippen LogP contribution is -2.48. The molecule has 0 atom stereocenters. The summed E-state index contributed by atoms with van der Waals surface area (Å²) in [4.78, 5) is 47.0. The summed E-state index contributed by atoms with van der Waals surface area (Å²) in [6.07, 6.45) is 4.10. The van der Waals surface area contributed by atoms with Crippen molar-refractivity contribution in [1.82, 2.24) is 25.1 Å². The molecule has 2 aromatic heterocycles. The third-order valence-electron chi connectivity index (χ3n) is 4.15. The van der Waals surface area contributed by atoms with Gasteiger partial charge in [-0.25, -0.2) is 4.98 Å². The highest BCUT2D eigenvalue weighted by Crippen LogP contribution is 2.08. The predicted octanol–water partition coefficient (Wildman–Crippen LogP) is 0.321. The molecule has 0 bridgehead atoms. The second kappa shape index (κ2) is 8.19. The topological polar surface area (TPSA) is 95.5 Å². The van der Waals surface area contributed by atoms with Gasteiger partial charge in [-0.15, -0.1) is 0 Å². The van der Waals surface area contributed by atoms with Crippen LogP contribution in [0.2, 0.25) is 0 Å². The Balaban J connectivity index is 1.63. The maximum atomic E-state index is 12.6. The van der Waals surface area contributed by atoms with Crippen LogP contribution in [0.25, 0.3) is 0 Å². The minimum atomic E-state index is -0.345. The van der Waals surface area contributed by atoms with Crippen LogP contribution in [-0.2, 0) is 11.3 Å². The van der Waals surface area contributed by atoms with Gasteiger partial charge in [-0.3, -0.25) is 19.4 Å². The molecule has 0 radical (unpaired) electrons. The van der Waals surface area contributed by atoms with Crippen molar-refractivity contribution >= 4 is 18.2 Å². The summed E-state index contributed by atoms with van der Waals surface area (Å²) < 4.78 is 0. The fourth-order valence-electron chi connectivity index (χ4n) is 2.65. The molecule has 134 valence electrons. The van der Waals surface area contributed by atoms with E-state index in [4.69, 9.17) is 0 Å². The highest BCUT2D eigenvalue weighted by atomic mass is 16.2. The molecule has 3 heterocycles. The molecule has 3 amide bonds. The van der Waals surface area contributed by atoms with Gasteiger partial charge in [-0.2, -0.15) is 0 Å². The number of nitrogens with zero attached hydrogens (tertiary/aromatic N) is 4. The van der Waals surface area contributed by atoms with Crippen molar-refractivity contribution in [3.63, 3.8) is 0 Å². The minimum absolute atomic E-state index is 0.191. The standard InChI is InChI=1S/C18H19N5O3/c24-13-22-8-10-23(11-9-22)18(26)16-3-1-2-15(21-16)17(25)20-12-14-4-6-19-7-5-14/h1-7,13H,8-12H2,(H,20,25). The van der Waals surface area contributed by atoms with E-state index in [-0.39, 0.29) is 23.2 Å². The molecule has 1 aliphatic rings. The highest BCUT2D eigenvalue weighted by molar-refractivity contribution is 5.96. The number of piperazine rings is 1. The number of rotatable bonds is 5. The van der Waals surface area contributed by atoms with Crippen molar-refractivity contribution in [3.8, 4) is 0 Å². The lowest BCUT2D eigenvalue weighted by molar-refractivity contribution is -0.119. The van der Waals surface area contributed by atoms with E-state index in [1.54, 1.807) is 40.4 Å². The van der Waals surface area contributed by atoms with E-state index in [2.05, 4.69) is 15.3 Å². The van der Waals surface area contributed by atoms with Crippen LogP contribution in [0.1, 0.15) is 26.5 Å². The van der Waals surface area contributed by atoms with Gasteiger partial charge in [0.15, 0.2) is 0 Å². The third kappa shape index (κ3) is 4.21. The van der Waals surface area contributed by atoms with E-state index in [9.17, 15) is 14.4 Å². The lowest BCUT2D eigenvalue weighted by atomic mass is 10.2. The fraction of sp³-hybridized carbons (Fsp3) is 0.278. The molecule has 8 nitrogen and oxygen atoms in total. The van der Waals surface area contributed by atoms with Crippen molar-refractivity contribution in [2.75, 3.05) is 26.2 Å². The largest absolute Gasteiger partial charge is 0.347 e. The number of aromatic nitrogens is 2. The van der Waals surface area contributed by atoms with E-state index >= 15 is 0 Å². The SMILES string of the molecule is O=CN1CCN(C(=O)c2cccc(C(=O)NCc3ccncc3)n2)CC1. The van der Waals surface area contributed by atoms with Crippen LogP contribution in [0.4, 0.5) is 0 Å². The minimum Gasteiger partial charge on any atom is -0.347 e. The molecule has 0 unspecified atom stereocenters. The zero-order valence-corrected chi connectivity index (χ0v) is 14.2. The Morgan fingerprint density at radius 3 is 2.42 bits per heavy atom. The van der Waals surface area contributed by atoms with Crippen LogP contribution in [0.3, 0.4) is 0 Å². The number of amides is 3. The third-order valence-corrected chi connectivity index (χ3v) is 4.15. The number of hydrogen-bond donors (Lipinski definition) is 1. The molecule has 1 N–H and O–H groups in total.